The average molecular weight is 1710 g/mol. The van der Waals surface area contributed by atoms with Crippen LogP contribution in [0, 0.1) is 47.3 Å². The molecule has 0 aliphatic rings. The van der Waals surface area contributed by atoms with E-state index in [1.165, 1.54) is 54.5 Å². The number of ether oxygens (including phenoxy) is 4. The van der Waals surface area contributed by atoms with Crippen LogP contribution in [0.4, 0.5) is 11.4 Å². The molecule has 0 aliphatic carbocycles. The number of amides is 2. The van der Waals surface area contributed by atoms with E-state index >= 15 is 0 Å². The quantitative estimate of drug-likeness (QED) is 0.0430. The minimum atomic E-state index is -0.246. The van der Waals surface area contributed by atoms with E-state index < -0.39 is 0 Å². The lowest BCUT2D eigenvalue weighted by molar-refractivity contribution is 0.0452. The van der Waals surface area contributed by atoms with E-state index in [-0.39, 0.29) is 23.8 Å². The Morgan fingerprint density at radius 2 is 0.586 bits per heavy atom. The minimum Gasteiger partial charge on any atom is -0.493 e. The molecule has 664 valence electrons. The van der Waals surface area contributed by atoms with Gasteiger partial charge in [0.05, 0.1) is 37.6 Å². The van der Waals surface area contributed by atoms with E-state index in [2.05, 4.69) is 250 Å². The zero-order valence-electron chi connectivity index (χ0n) is 77.9. The summed E-state index contributed by atoms with van der Waals surface area (Å²) in [6.07, 6.45) is 0. The largest absolute Gasteiger partial charge is 0.493 e. The molecule has 0 saturated carbocycles. The van der Waals surface area contributed by atoms with Crippen molar-refractivity contribution in [2.24, 2.45) is 47.3 Å². The fourth-order valence-corrected chi connectivity index (χ4v) is 13.3. The molecule has 16 rings (SSSR count). The highest BCUT2D eigenvalue weighted by Gasteiger charge is 2.15. The molecule has 0 fully saturated rings. The van der Waals surface area contributed by atoms with Gasteiger partial charge in [0.2, 0.25) is 0 Å². The fraction of sp³-hybridized carbons (Fsp3) is 0.276. The van der Waals surface area contributed by atoms with E-state index in [1.54, 1.807) is 0 Å². The highest BCUT2D eigenvalue weighted by Crippen LogP contribution is 2.29. The van der Waals surface area contributed by atoms with Crippen molar-refractivity contribution in [3.63, 3.8) is 0 Å². The number of fused-ring (bicyclic) bond motifs is 8. The Kier molecular flexibility index (Phi) is 40.0. The van der Waals surface area contributed by atoms with Crippen molar-refractivity contribution in [1.82, 2.24) is 10.6 Å². The summed E-state index contributed by atoms with van der Waals surface area (Å²) in [5.74, 6) is 5.60. The van der Waals surface area contributed by atoms with Gasteiger partial charge in [0, 0.05) is 59.5 Å². The molecule has 16 aromatic rings. The van der Waals surface area contributed by atoms with Crippen molar-refractivity contribution >= 4 is 121 Å². The van der Waals surface area contributed by atoms with Gasteiger partial charge >= 0.3 is 11.9 Å². The molecule has 0 saturated heterocycles. The van der Waals surface area contributed by atoms with Gasteiger partial charge in [-0.1, -0.05) is 378 Å². The summed E-state index contributed by atoms with van der Waals surface area (Å²) < 4.78 is 21.9. The molecule has 0 atom stereocenters. The van der Waals surface area contributed by atoms with Crippen molar-refractivity contribution in [2.45, 2.75) is 111 Å². The molecule has 128 heavy (non-hydrogen) atoms. The van der Waals surface area contributed by atoms with Crippen LogP contribution in [0.5, 0.6) is 11.5 Å². The van der Waals surface area contributed by atoms with Crippen molar-refractivity contribution < 1.29 is 38.1 Å². The number of esters is 2. The number of hydrogen-bond acceptors (Lipinski definition) is 10. The molecule has 0 unspecified atom stereocenters. The third-order valence-corrected chi connectivity index (χ3v) is 20.1. The first-order valence-corrected chi connectivity index (χ1v) is 45.3. The summed E-state index contributed by atoms with van der Waals surface area (Å²) in [7, 11) is 0. The van der Waals surface area contributed by atoms with Crippen LogP contribution in [0.3, 0.4) is 0 Å². The molecule has 0 bridgehead atoms. The predicted molar refractivity (Wildman–Crippen MR) is 543 cm³/mol. The Bertz CT molecular complexity index is 5730. The van der Waals surface area contributed by atoms with Crippen LogP contribution in [-0.2, 0) is 9.47 Å². The third kappa shape index (κ3) is 32.9. The topological polar surface area (TPSA) is 153 Å². The number of benzene rings is 16. The van der Waals surface area contributed by atoms with Crippen LogP contribution in [0.25, 0.3) is 86.2 Å². The molecule has 0 heterocycles. The van der Waals surface area contributed by atoms with E-state index in [9.17, 15) is 19.2 Å². The first-order valence-electron chi connectivity index (χ1n) is 45.3. The highest BCUT2D eigenvalue weighted by molar-refractivity contribution is 6.07. The van der Waals surface area contributed by atoms with Crippen LogP contribution in [0.15, 0.2) is 340 Å². The van der Waals surface area contributed by atoms with Gasteiger partial charge < -0.3 is 40.2 Å². The number of carbonyl (C=O) groups is 4. The van der Waals surface area contributed by atoms with Gasteiger partial charge in [0.1, 0.15) is 11.5 Å². The number of hydrogen-bond donors (Lipinski definition) is 4. The molecule has 0 spiro atoms. The van der Waals surface area contributed by atoms with Gasteiger partial charge in [-0.2, -0.15) is 0 Å². The Labute approximate surface area is 760 Å². The number of rotatable bonds is 24. The summed E-state index contributed by atoms with van der Waals surface area (Å²) in [5.41, 5.74) is 5.19. The Hall–Kier alpha value is -13.3. The first-order chi connectivity index (χ1) is 61.7. The predicted octanol–water partition coefficient (Wildman–Crippen LogP) is 29.3. The van der Waals surface area contributed by atoms with Crippen LogP contribution in [-0.4, -0.2) is 76.4 Å². The van der Waals surface area contributed by atoms with Crippen LogP contribution in [0.2, 0.25) is 0 Å². The van der Waals surface area contributed by atoms with Crippen molar-refractivity contribution in [3.8, 4) is 11.5 Å². The Balaban J connectivity index is 0.000000165. The summed E-state index contributed by atoms with van der Waals surface area (Å²) in [4.78, 5) is 47.6. The van der Waals surface area contributed by atoms with E-state index in [4.69, 9.17) is 18.9 Å². The second-order valence-electron chi connectivity index (χ2n) is 35.4. The molecule has 2 amide bonds. The van der Waals surface area contributed by atoms with Crippen LogP contribution < -0.4 is 30.7 Å². The van der Waals surface area contributed by atoms with Crippen LogP contribution >= 0.6 is 0 Å². The molecule has 16 aromatic carbocycles. The molecule has 0 aromatic heterocycles. The molecule has 4 N–H and O–H groups in total. The van der Waals surface area contributed by atoms with Gasteiger partial charge in [-0.25, -0.2) is 9.59 Å². The fourth-order valence-electron chi connectivity index (χ4n) is 13.3. The summed E-state index contributed by atoms with van der Waals surface area (Å²) >= 11 is 0. The van der Waals surface area contributed by atoms with E-state index in [0.29, 0.717) is 84.8 Å². The zero-order valence-corrected chi connectivity index (χ0v) is 77.9. The molecule has 0 aliphatic heterocycles. The molecule has 12 heteroatoms. The summed E-state index contributed by atoms with van der Waals surface area (Å²) in [5, 5.41) is 31.5. The Morgan fingerprint density at radius 3 is 1.09 bits per heavy atom. The van der Waals surface area contributed by atoms with Gasteiger partial charge in [0.15, 0.2) is 0 Å². The lowest BCUT2D eigenvalue weighted by Crippen LogP contribution is -2.27. The lowest BCUT2D eigenvalue weighted by Gasteiger charge is -2.11. The van der Waals surface area contributed by atoms with Gasteiger partial charge in [-0.3, -0.25) is 9.59 Å². The van der Waals surface area contributed by atoms with Gasteiger partial charge in [-0.05, 0) is 196 Å². The van der Waals surface area contributed by atoms with Crippen molar-refractivity contribution in [3.05, 3.63) is 362 Å². The second-order valence-corrected chi connectivity index (χ2v) is 35.4. The highest BCUT2D eigenvalue weighted by atomic mass is 16.5. The zero-order chi connectivity index (χ0) is 91.7. The van der Waals surface area contributed by atoms with E-state index in [1.807, 2.05) is 222 Å². The number of anilines is 2. The number of carbonyl (C=O) groups excluding carboxylic acids is 4. The van der Waals surface area contributed by atoms with Crippen molar-refractivity contribution in [2.75, 3.05) is 63.2 Å². The molecular weight excluding hydrogens is 1580 g/mol. The van der Waals surface area contributed by atoms with Gasteiger partial charge in [0.25, 0.3) is 11.8 Å². The Morgan fingerprint density at radius 1 is 0.242 bits per heavy atom. The smallest absolute Gasteiger partial charge is 0.338 e. The number of nitrogens with one attached hydrogen (secondary N) is 4. The summed E-state index contributed by atoms with van der Waals surface area (Å²) in [6.45, 7) is 39.9. The molecular formula is C116H132N4O8. The standard InChI is InChI=1S/2C15H17NO.2C15H16O2.2C14H17N.2C14H16O/c1-11(2)10-16-15(17)14-9-5-7-12-6-3-4-8-13(12)14;1-11(2)10-16-15(17)14-8-7-12-5-3-4-6-13(12)9-14;1-11(2)10-17-15(16)14-9-5-7-12-6-3-4-8-13(12)14;1-11(2)10-17-15(16)14-8-7-12-5-3-4-6-13(12)9-14;1-11(2)10-15-14-9-5-7-12-6-3-4-8-13(12)14;1-11(2)10-15-14-8-7-12-5-3-4-6-13(12)9-14;1-11(2)10-15-14-9-5-7-12-6-3-4-8-13(12)14;1-11(2)10-15-14-8-7-12-5-3-4-6-13(12)9-14/h2*3-9,11H,10H2,1-2H3,(H,16,17);2*3-9,11H,10H2,1-2H3;2*3-9,11,15H,10H2,1-2H3;2*3-9,11H,10H2,1-2H3. The van der Waals surface area contributed by atoms with Gasteiger partial charge in [-0.15, -0.1) is 0 Å². The maximum absolute atomic E-state index is 12.1. The maximum Gasteiger partial charge on any atom is 0.338 e. The SMILES string of the molecule is CC(C)CNC(=O)c1ccc2ccccc2c1.CC(C)CNC(=O)c1cccc2ccccc12.CC(C)CNc1ccc2ccccc2c1.CC(C)CNc1cccc2ccccc12.CC(C)COC(=O)c1ccc2ccccc2c1.CC(C)COC(=O)c1cccc2ccccc12.CC(C)COc1ccc2ccccc2c1.CC(C)COc1cccc2ccccc12. The summed E-state index contributed by atoms with van der Waals surface area (Å²) in [6, 6.07) is 114. The first kappa shape index (κ1) is 98.5. The third-order valence-electron chi connectivity index (χ3n) is 20.1. The minimum absolute atomic E-state index is 0.00412. The maximum atomic E-state index is 12.1. The molecule has 0 radical (unpaired) electrons. The van der Waals surface area contributed by atoms with Crippen LogP contribution in [0.1, 0.15) is 152 Å². The lowest BCUT2D eigenvalue weighted by atomic mass is 10.0. The second kappa shape index (κ2) is 52.0. The van der Waals surface area contributed by atoms with Crippen molar-refractivity contribution in [1.29, 1.82) is 0 Å². The van der Waals surface area contributed by atoms with E-state index in [0.717, 1.165) is 92.0 Å². The molecule has 12 nitrogen and oxygen atoms in total. The normalized spacial score (nSPS) is 10.8. The monoisotopic (exact) mass is 1710 g/mol. The average Bonchev–Trinajstić information content (AvgIpc) is 0.810.